The first kappa shape index (κ1) is 18.0. The van der Waals surface area contributed by atoms with Gasteiger partial charge in [0.2, 0.25) is 0 Å². The van der Waals surface area contributed by atoms with Crippen LogP contribution in [0.1, 0.15) is 39.3 Å². The van der Waals surface area contributed by atoms with Gasteiger partial charge in [0.05, 0.1) is 12.5 Å². The third-order valence-electron chi connectivity index (χ3n) is 3.28. The van der Waals surface area contributed by atoms with E-state index >= 15 is 0 Å². The quantitative estimate of drug-likeness (QED) is 0.755. The van der Waals surface area contributed by atoms with Crippen LogP contribution in [0.5, 0.6) is 5.75 Å². The summed E-state index contributed by atoms with van der Waals surface area (Å²) >= 11 is 3.46. The predicted octanol–water partition coefficient (Wildman–Crippen LogP) is 3.70. The number of rotatable bonds is 7. The number of nitrogens with one attached hydrogen (secondary N) is 1. The van der Waals surface area contributed by atoms with E-state index in [4.69, 9.17) is 9.47 Å². The molecule has 0 radical (unpaired) electrons. The number of ether oxygens (including phenoxy) is 2. The summed E-state index contributed by atoms with van der Waals surface area (Å²) in [6.07, 6.45) is 0. The third kappa shape index (κ3) is 5.00. The monoisotopic (exact) mass is 357 g/mol. The Morgan fingerprint density at radius 3 is 2.67 bits per heavy atom. The maximum atomic E-state index is 11.7. The van der Waals surface area contributed by atoms with Crippen molar-refractivity contribution in [1.29, 1.82) is 0 Å². The van der Waals surface area contributed by atoms with E-state index in [0.29, 0.717) is 0 Å². The maximum Gasteiger partial charge on any atom is 0.314 e. The van der Waals surface area contributed by atoms with Crippen LogP contribution < -0.4 is 10.1 Å². The molecule has 1 atom stereocenters. The molecule has 0 aliphatic rings. The lowest BCUT2D eigenvalue weighted by atomic mass is 9.95. The number of hydrogen-bond donors (Lipinski definition) is 1. The molecule has 0 saturated carbocycles. The smallest absolute Gasteiger partial charge is 0.314 e. The van der Waals surface area contributed by atoms with Crippen LogP contribution in [0.15, 0.2) is 22.7 Å². The Hall–Kier alpha value is -1.07. The van der Waals surface area contributed by atoms with Gasteiger partial charge in [-0.25, -0.2) is 0 Å². The van der Waals surface area contributed by atoms with Crippen molar-refractivity contribution in [2.45, 2.75) is 33.7 Å². The SMILES string of the molecule is CCNC(C)c1ccc(Br)cc1OCC(C)(C)C(=O)OC. The lowest BCUT2D eigenvalue weighted by Crippen LogP contribution is -2.32. The number of methoxy groups -OCH3 is 1. The van der Waals surface area contributed by atoms with Crippen LogP contribution >= 0.6 is 15.9 Å². The van der Waals surface area contributed by atoms with E-state index in [1.54, 1.807) is 0 Å². The zero-order valence-electron chi connectivity index (χ0n) is 13.3. The summed E-state index contributed by atoms with van der Waals surface area (Å²) in [6.45, 7) is 8.92. The Morgan fingerprint density at radius 2 is 2.10 bits per heavy atom. The van der Waals surface area contributed by atoms with E-state index in [1.165, 1.54) is 7.11 Å². The summed E-state index contributed by atoms with van der Waals surface area (Å²) in [5.74, 6) is 0.494. The van der Waals surface area contributed by atoms with Crippen molar-refractivity contribution in [2.75, 3.05) is 20.3 Å². The van der Waals surface area contributed by atoms with Crippen molar-refractivity contribution in [3.05, 3.63) is 28.2 Å². The zero-order chi connectivity index (χ0) is 16.0. The molecule has 0 spiro atoms. The molecule has 1 N–H and O–H groups in total. The van der Waals surface area contributed by atoms with Gasteiger partial charge in [0.1, 0.15) is 12.4 Å². The maximum absolute atomic E-state index is 11.7. The molecule has 0 saturated heterocycles. The molecule has 0 aromatic heterocycles. The van der Waals surface area contributed by atoms with Gasteiger partial charge in [-0.3, -0.25) is 4.79 Å². The number of hydrogen-bond acceptors (Lipinski definition) is 4. The minimum absolute atomic E-state index is 0.180. The molecule has 1 aromatic carbocycles. The first-order valence-corrected chi connectivity index (χ1v) is 7.85. The molecule has 0 aliphatic carbocycles. The summed E-state index contributed by atoms with van der Waals surface area (Å²) in [5.41, 5.74) is 0.385. The third-order valence-corrected chi connectivity index (χ3v) is 3.77. The summed E-state index contributed by atoms with van der Waals surface area (Å²) in [5, 5.41) is 3.37. The Bertz CT molecular complexity index is 488. The van der Waals surface area contributed by atoms with E-state index < -0.39 is 5.41 Å². The average molecular weight is 358 g/mol. The van der Waals surface area contributed by atoms with Crippen LogP contribution in [0.4, 0.5) is 0 Å². The number of carbonyl (C=O) groups is 1. The highest BCUT2D eigenvalue weighted by Crippen LogP contribution is 2.30. The summed E-state index contributed by atoms with van der Waals surface area (Å²) in [6, 6.07) is 6.12. The zero-order valence-corrected chi connectivity index (χ0v) is 14.9. The second-order valence-electron chi connectivity index (χ2n) is 5.63. The van der Waals surface area contributed by atoms with Gasteiger partial charge in [-0.05, 0) is 39.4 Å². The van der Waals surface area contributed by atoms with Crippen LogP contribution in [-0.4, -0.2) is 26.2 Å². The molecule has 0 fully saturated rings. The molecule has 0 bridgehead atoms. The van der Waals surface area contributed by atoms with Crippen molar-refractivity contribution in [2.24, 2.45) is 5.41 Å². The number of halogens is 1. The van der Waals surface area contributed by atoms with E-state index in [2.05, 4.69) is 35.1 Å². The van der Waals surface area contributed by atoms with Gasteiger partial charge in [0, 0.05) is 16.1 Å². The molecule has 1 aromatic rings. The Balaban J connectivity index is 2.91. The molecule has 21 heavy (non-hydrogen) atoms. The molecular weight excluding hydrogens is 334 g/mol. The minimum atomic E-state index is -0.685. The van der Waals surface area contributed by atoms with Crippen molar-refractivity contribution in [1.82, 2.24) is 5.32 Å². The van der Waals surface area contributed by atoms with E-state index in [-0.39, 0.29) is 18.6 Å². The van der Waals surface area contributed by atoms with Gasteiger partial charge in [-0.1, -0.05) is 28.9 Å². The fourth-order valence-electron chi connectivity index (χ4n) is 2.00. The molecule has 4 nitrogen and oxygen atoms in total. The molecule has 0 amide bonds. The lowest BCUT2D eigenvalue weighted by molar-refractivity contribution is -0.152. The van der Waals surface area contributed by atoms with Crippen molar-refractivity contribution in [3.8, 4) is 5.75 Å². The van der Waals surface area contributed by atoms with Crippen molar-refractivity contribution in [3.63, 3.8) is 0 Å². The van der Waals surface area contributed by atoms with Gasteiger partial charge < -0.3 is 14.8 Å². The molecule has 1 unspecified atom stereocenters. The number of esters is 1. The van der Waals surface area contributed by atoms with Crippen LogP contribution in [0.25, 0.3) is 0 Å². The van der Waals surface area contributed by atoms with Crippen LogP contribution in [0.2, 0.25) is 0 Å². The van der Waals surface area contributed by atoms with Gasteiger partial charge in [0.25, 0.3) is 0 Å². The number of benzene rings is 1. The standard InChI is InChI=1S/C16H24BrNO3/c1-6-18-11(2)13-8-7-12(17)9-14(13)21-10-16(3,4)15(19)20-5/h7-9,11,18H,6,10H2,1-5H3. The second-order valence-corrected chi connectivity index (χ2v) is 6.54. The van der Waals surface area contributed by atoms with Gasteiger partial charge in [-0.15, -0.1) is 0 Å². The molecule has 5 heteroatoms. The minimum Gasteiger partial charge on any atom is -0.492 e. The van der Waals surface area contributed by atoms with Gasteiger partial charge in [0.15, 0.2) is 0 Å². The lowest BCUT2D eigenvalue weighted by Gasteiger charge is -2.24. The predicted molar refractivity (Wildman–Crippen MR) is 87.5 cm³/mol. The summed E-state index contributed by atoms with van der Waals surface area (Å²) < 4.78 is 11.7. The molecule has 0 heterocycles. The second kappa shape index (κ2) is 7.80. The van der Waals surface area contributed by atoms with Crippen molar-refractivity contribution < 1.29 is 14.3 Å². The number of carbonyl (C=O) groups excluding carboxylic acids is 1. The topological polar surface area (TPSA) is 47.6 Å². The molecule has 118 valence electrons. The average Bonchev–Trinajstić information content (AvgIpc) is 2.44. The Kier molecular flexibility index (Phi) is 6.68. The normalized spacial score (nSPS) is 12.9. The van der Waals surface area contributed by atoms with Gasteiger partial charge in [-0.2, -0.15) is 0 Å². The Labute approximate surface area is 135 Å². The highest BCUT2D eigenvalue weighted by Gasteiger charge is 2.30. The highest BCUT2D eigenvalue weighted by atomic mass is 79.9. The summed E-state index contributed by atoms with van der Waals surface area (Å²) in [4.78, 5) is 11.7. The molecule has 0 aliphatic heterocycles. The fraction of sp³-hybridized carbons (Fsp3) is 0.562. The van der Waals surface area contributed by atoms with E-state index in [0.717, 1.165) is 22.3 Å². The van der Waals surface area contributed by atoms with Crippen LogP contribution in [0, 0.1) is 5.41 Å². The van der Waals surface area contributed by atoms with Crippen LogP contribution in [0.3, 0.4) is 0 Å². The highest BCUT2D eigenvalue weighted by molar-refractivity contribution is 9.10. The molecule has 1 rings (SSSR count). The van der Waals surface area contributed by atoms with Crippen LogP contribution in [-0.2, 0) is 9.53 Å². The first-order chi connectivity index (χ1) is 9.81. The largest absolute Gasteiger partial charge is 0.492 e. The molecular formula is C16H24BrNO3. The van der Waals surface area contributed by atoms with Crippen molar-refractivity contribution >= 4 is 21.9 Å². The first-order valence-electron chi connectivity index (χ1n) is 7.06. The Morgan fingerprint density at radius 1 is 1.43 bits per heavy atom. The van der Waals surface area contributed by atoms with Gasteiger partial charge >= 0.3 is 5.97 Å². The summed E-state index contributed by atoms with van der Waals surface area (Å²) in [7, 11) is 1.39. The van der Waals surface area contributed by atoms with E-state index in [9.17, 15) is 4.79 Å². The van der Waals surface area contributed by atoms with E-state index in [1.807, 2.05) is 32.0 Å². The fourth-order valence-corrected chi connectivity index (χ4v) is 2.34.